The summed E-state index contributed by atoms with van der Waals surface area (Å²) in [5.74, 6) is 0. The van der Waals surface area contributed by atoms with Gasteiger partial charge in [0.15, 0.2) is 0 Å². The summed E-state index contributed by atoms with van der Waals surface area (Å²) >= 11 is 12.3. The summed E-state index contributed by atoms with van der Waals surface area (Å²) in [6.45, 7) is 1.48. The first-order valence-electron chi connectivity index (χ1n) is 6.39. The Balaban J connectivity index is 1.68. The van der Waals surface area contributed by atoms with Gasteiger partial charge in [-0.15, -0.1) is 0 Å². The number of hydrogen-bond acceptors (Lipinski definition) is 2. The molecule has 3 rings (SSSR count). The van der Waals surface area contributed by atoms with Crippen molar-refractivity contribution in [2.45, 2.75) is 32.0 Å². The van der Waals surface area contributed by atoms with Gasteiger partial charge < -0.3 is 9.88 Å². The molecule has 3 nitrogen and oxygen atoms in total. The number of benzene rings is 1. The molecule has 0 spiro atoms. The molecule has 1 aliphatic rings. The molecule has 1 aromatic carbocycles. The van der Waals surface area contributed by atoms with E-state index in [2.05, 4.69) is 10.3 Å². The second kappa shape index (κ2) is 5.53. The largest absolute Gasteiger partial charge is 0.333 e. The number of imidazole rings is 1. The van der Waals surface area contributed by atoms with Crippen molar-refractivity contribution in [1.82, 2.24) is 14.9 Å². The molecular weight excluding hydrogens is 281 g/mol. The van der Waals surface area contributed by atoms with Gasteiger partial charge in [0.25, 0.3) is 0 Å². The highest BCUT2D eigenvalue weighted by molar-refractivity contribution is 6.35. The Labute approximate surface area is 122 Å². The lowest BCUT2D eigenvalue weighted by molar-refractivity contribution is 0.676. The van der Waals surface area contributed by atoms with Gasteiger partial charge in [-0.05, 0) is 25.0 Å². The number of rotatable bonds is 5. The second-order valence-electron chi connectivity index (χ2n) is 4.89. The van der Waals surface area contributed by atoms with E-state index in [9.17, 15) is 0 Å². The first kappa shape index (κ1) is 13.0. The summed E-state index contributed by atoms with van der Waals surface area (Å²) in [7, 11) is 0. The lowest BCUT2D eigenvalue weighted by Crippen LogP contribution is -2.15. The lowest BCUT2D eigenvalue weighted by Gasteiger charge is -2.07. The van der Waals surface area contributed by atoms with Gasteiger partial charge in [-0.3, -0.25) is 0 Å². The van der Waals surface area contributed by atoms with Crippen LogP contribution in [0, 0.1) is 0 Å². The zero-order chi connectivity index (χ0) is 13.2. The van der Waals surface area contributed by atoms with E-state index >= 15 is 0 Å². The van der Waals surface area contributed by atoms with Gasteiger partial charge in [0.1, 0.15) is 0 Å². The molecule has 0 amide bonds. The fourth-order valence-corrected chi connectivity index (χ4v) is 2.50. The van der Waals surface area contributed by atoms with Gasteiger partial charge in [-0.25, -0.2) is 4.98 Å². The van der Waals surface area contributed by atoms with Crippen LogP contribution in [0.4, 0.5) is 0 Å². The van der Waals surface area contributed by atoms with E-state index in [-0.39, 0.29) is 0 Å². The Morgan fingerprint density at radius 1 is 1.26 bits per heavy atom. The predicted molar refractivity (Wildman–Crippen MR) is 77.7 cm³/mol. The van der Waals surface area contributed by atoms with Crippen LogP contribution in [0.25, 0.3) is 0 Å². The number of nitrogens with zero attached hydrogens (tertiary/aromatic N) is 2. The summed E-state index contributed by atoms with van der Waals surface area (Å²) < 4.78 is 2.01. The van der Waals surface area contributed by atoms with Crippen LogP contribution in [-0.2, 0) is 13.1 Å². The molecule has 100 valence electrons. The molecule has 0 unspecified atom stereocenters. The molecule has 0 atom stereocenters. The van der Waals surface area contributed by atoms with Crippen molar-refractivity contribution in [2.24, 2.45) is 0 Å². The summed E-state index contributed by atoms with van der Waals surface area (Å²) in [6.07, 6.45) is 6.44. The molecule has 0 radical (unpaired) electrons. The normalized spacial score (nSPS) is 14.8. The molecule has 1 heterocycles. The Morgan fingerprint density at radius 2 is 2.00 bits per heavy atom. The molecule has 1 N–H and O–H groups in total. The smallest absolute Gasteiger partial charge is 0.0953 e. The second-order valence-corrected chi connectivity index (χ2v) is 5.71. The van der Waals surface area contributed by atoms with Gasteiger partial charge in [-0.2, -0.15) is 0 Å². The third kappa shape index (κ3) is 3.30. The van der Waals surface area contributed by atoms with Crippen LogP contribution >= 0.6 is 23.2 Å². The van der Waals surface area contributed by atoms with Crippen molar-refractivity contribution in [3.05, 3.63) is 52.0 Å². The minimum Gasteiger partial charge on any atom is -0.333 e. The minimum absolute atomic E-state index is 0.648. The Bertz CT molecular complexity index is 556. The maximum atomic E-state index is 6.17. The van der Waals surface area contributed by atoms with Crippen LogP contribution in [0.3, 0.4) is 0 Å². The van der Waals surface area contributed by atoms with Crippen LogP contribution in [0.15, 0.2) is 30.7 Å². The molecule has 1 fully saturated rings. The van der Waals surface area contributed by atoms with E-state index in [1.165, 1.54) is 12.8 Å². The average Bonchev–Trinajstić information content (AvgIpc) is 3.11. The molecule has 19 heavy (non-hydrogen) atoms. The molecule has 5 heteroatoms. The first-order valence-corrected chi connectivity index (χ1v) is 7.15. The minimum atomic E-state index is 0.648. The Morgan fingerprint density at radius 3 is 2.68 bits per heavy atom. The fraction of sp³-hybridized carbons (Fsp3) is 0.357. The number of halogens is 2. The van der Waals surface area contributed by atoms with Crippen LogP contribution in [0.5, 0.6) is 0 Å². The highest BCUT2D eigenvalue weighted by atomic mass is 35.5. The third-order valence-electron chi connectivity index (χ3n) is 3.24. The lowest BCUT2D eigenvalue weighted by atomic mass is 10.2. The van der Waals surface area contributed by atoms with Gasteiger partial charge >= 0.3 is 0 Å². The van der Waals surface area contributed by atoms with E-state index in [4.69, 9.17) is 23.2 Å². The average molecular weight is 296 g/mol. The van der Waals surface area contributed by atoms with E-state index in [1.54, 1.807) is 0 Å². The summed E-state index contributed by atoms with van der Waals surface area (Å²) in [5, 5.41) is 4.83. The number of hydrogen-bond donors (Lipinski definition) is 1. The van der Waals surface area contributed by atoms with Crippen LogP contribution < -0.4 is 5.32 Å². The van der Waals surface area contributed by atoms with Crippen molar-refractivity contribution in [3.8, 4) is 0 Å². The standard InChI is InChI=1S/C14H15Cl2N3/c15-13-2-1-3-14(16)12(13)8-19-7-11(18-9-19)6-17-10-4-5-10/h1-3,7,9-10,17H,4-6,8H2. The van der Waals surface area contributed by atoms with Gasteiger partial charge in [0.2, 0.25) is 0 Å². The van der Waals surface area contributed by atoms with Gasteiger partial charge in [0.05, 0.1) is 18.6 Å². The molecule has 2 aromatic rings. The molecule has 0 bridgehead atoms. The van der Waals surface area contributed by atoms with Crippen LogP contribution in [-0.4, -0.2) is 15.6 Å². The highest BCUT2D eigenvalue weighted by Gasteiger charge is 2.20. The number of nitrogens with one attached hydrogen (secondary N) is 1. The van der Waals surface area contributed by atoms with Crippen LogP contribution in [0.1, 0.15) is 24.1 Å². The van der Waals surface area contributed by atoms with Crippen molar-refractivity contribution in [2.75, 3.05) is 0 Å². The predicted octanol–water partition coefficient (Wildman–Crippen LogP) is 3.49. The molecule has 0 saturated heterocycles. The van der Waals surface area contributed by atoms with Gasteiger partial charge in [0, 0.05) is 34.4 Å². The first-order chi connectivity index (χ1) is 9.22. The Hall–Kier alpha value is -1.03. The summed E-state index contributed by atoms with van der Waals surface area (Å²) in [5.41, 5.74) is 1.99. The molecule has 1 saturated carbocycles. The van der Waals surface area contributed by atoms with E-state index in [0.717, 1.165) is 17.8 Å². The van der Waals surface area contributed by atoms with Crippen molar-refractivity contribution in [1.29, 1.82) is 0 Å². The van der Waals surface area contributed by atoms with Crippen molar-refractivity contribution >= 4 is 23.2 Å². The quantitative estimate of drug-likeness (QED) is 0.915. The van der Waals surface area contributed by atoms with E-state index in [1.807, 2.05) is 35.3 Å². The summed E-state index contributed by atoms with van der Waals surface area (Å²) in [4.78, 5) is 4.39. The summed E-state index contributed by atoms with van der Waals surface area (Å²) in [6, 6.07) is 6.26. The maximum absolute atomic E-state index is 6.17. The highest BCUT2D eigenvalue weighted by Crippen LogP contribution is 2.25. The fourth-order valence-electron chi connectivity index (χ4n) is 1.99. The molecule has 0 aliphatic heterocycles. The van der Waals surface area contributed by atoms with Crippen molar-refractivity contribution < 1.29 is 0 Å². The zero-order valence-corrected chi connectivity index (χ0v) is 12.0. The SMILES string of the molecule is Clc1cccc(Cl)c1Cn1cnc(CNC2CC2)c1. The maximum Gasteiger partial charge on any atom is 0.0953 e. The monoisotopic (exact) mass is 295 g/mol. The Kier molecular flexibility index (Phi) is 3.78. The zero-order valence-electron chi connectivity index (χ0n) is 10.4. The van der Waals surface area contributed by atoms with Crippen LogP contribution in [0.2, 0.25) is 10.0 Å². The molecular formula is C14H15Cl2N3. The van der Waals surface area contributed by atoms with E-state index < -0.39 is 0 Å². The van der Waals surface area contributed by atoms with Crippen molar-refractivity contribution in [3.63, 3.8) is 0 Å². The molecule has 1 aliphatic carbocycles. The van der Waals surface area contributed by atoms with Gasteiger partial charge in [-0.1, -0.05) is 29.3 Å². The topological polar surface area (TPSA) is 29.9 Å². The number of aromatic nitrogens is 2. The third-order valence-corrected chi connectivity index (χ3v) is 3.95. The molecule has 1 aromatic heterocycles. The van der Waals surface area contributed by atoms with E-state index in [0.29, 0.717) is 22.6 Å².